The van der Waals surface area contributed by atoms with Crippen molar-refractivity contribution in [1.29, 1.82) is 0 Å². The van der Waals surface area contributed by atoms with Gasteiger partial charge in [-0.2, -0.15) is 0 Å². The molecule has 0 heterocycles. The van der Waals surface area contributed by atoms with Crippen LogP contribution in [0.1, 0.15) is 19.8 Å². The van der Waals surface area contributed by atoms with Crippen molar-refractivity contribution < 1.29 is 9.53 Å². The van der Waals surface area contributed by atoms with E-state index in [9.17, 15) is 4.79 Å². The zero-order valence-electron chi connectivity index (χ0n) is 10.2. The van der Waals surface area contributed by atoms with Gasteiger partial charge in [0.1, 0.15) is 5.75 Å². The van der Waals surface area contributed by atoms with Gasteiger partial charge in [-0.1, -0.05) is 19.4 Å². The molecule has 94 valence electrons. The molecule has 1 rings (SSSR count). The van der Waals surface area contributed by atoms with Gasteiger partial charge in [-0.25, -0.2) is 4.79 Å². The summed E-state index contributed by atoms with van der Waals surface area (Å²) >= 11 is 1.27. The van der Waals surface area contributed by atoms with Crippen molar-refractivity contribution in [2.45, 2.75) is 24.7 Å². The first kappa shape index (κ1) is 13.7. The van der Waals surface area contributed by atoms with Crippen molar-refractivity contribution in [2.75, 3.05) is 13.7 Å². The van der Waals surface area contributed by atoms with Crippen LogP contribution in [0.3, 0.4) is 0 Å². The lowest BCUT2D eigenvalue weighted by molar-refractivity contribution is 0.246. The fourth-order valence-electron chi connectivity index (χ4n) is 1.18. The Balaban J connectivity index is 2.31. The lowest BCUT2D eigenvalue weighted by Gasteiger charge is -2.07. The number of benzene rings is 1. The first-order valence-electron chi connectivity index (χ1n) is 5.61. The van der Waals surface area contributed by atoms with E-state index in [4.69, 9.17) is 4.74 Å². The molecule has 0 aliphatic heterocycles. The highest BCUT2D eigenvalue weighted by Gasteiger charge is 2.01. The van der Waals surface area contributed by atoms with Gasteiger partial charge in [0, 0.05) is 11.4 Å². The maximum absolute atomic E-state index is 11.4. The van der Waals surface area contributed by atoms with Gasteiger partial charge >= 0.3 is 6.03 Å². The largest absolute Gasteiger partial charge is 0.497 e. The Labute approximate surface area is 106 Å². The Morgan fingerprint density at radius 1 is 1.47 bits per heavy atom. The predicted molar refractivity (Wildman–Crippen MR) is 70.3 cm³/mol. The van der Waals surface area contributed by atoms with E-state index in [1.807, 2.05) is 24.3 Å². The summed E-state index contributed by atoms with van der Waals surface area (Å²) in [6, 6.07) is 7.38. The van der Waals surface area contributed by atoms with Crippen LogP contribution in [0.5, 0.6) is 5.75 Å². The maximum atomic E-state index is 11.4. The highest BCUT2D eigenvalue weighted by Crippen LogP contribution is 2.20. The number of urea groups is 1. The Bertz CT molecular complexity index is 358. The molecule has 2 amide bonds. The third-order valence-corrected chi connectivity index (χ3v) is 2.90. The van der Waals surface area contributed by atoms with Crippen LogP contribution in [0.15, 0.2) is 29.2 Å². The topological polar surface area (TPSA) is 50.4 Å². The number of hydrogen-bond acceptors (Lipinski definition) is 3. The van der Waals surface area contributed by atoms with Crippen LogP contribution in [0.4, 0.5) is 4.79 Å². The van der Waals surface area contributed by atoms with Crippen molar-refractivity contribution in [3.8, 4) is 5.75 Å². The molecule has 5 heteroatoms. The van der Waals surface area contributed by atoms with Gasteiger partial charge in [0.15, 0.2) is 0 Å². The number of carbonyl (C=O) groups excluding carboxylic acids is 1. The van der Waals surface area contributed by atoms with Crippen LogP contribution in [-0.2, 0) is 0 Å². The van der Waals surface area contributed by atoms with Gasteiger partial charge in [-0.05, 0) is 36.6 Å². The molecular formula is C12H18N2O2S. The van der Waals surface area contributed by atoms with Gasteiger partial charge in [-0.15, -0.1) is 0 Å². The van der Waals surface area contributed by atoms with E-state index < -0.39 is 0 Å². The minimum absolute atomic E-state index is 0.161. The Morgan fingerprint density at radius 3 is 3.00 bits per heavy atom. The highest BCUT2D eigenvalue weighted by atomic mass is 32.2. The summed E-state index contributed by atoms with van der Waals surface area (Å²) in [5.41, 5.74) is 0. The highest BCUT2D eigenvalue weighted by molar-refractivity contribution is 7.98. The van der Waals surface area contributed by atoms with Gasteiger partial charge in [0.05, 0.1) is 7.11 Å². The maximum Gasteiger partial charge on any atom is 0.325 e. The number of nitrogens with one attached hydrogen (secondary N) is 2. The predicted octanol–water partition coefficient (Wildman–Crippen LogP) is 2.80. The standard InChI is InChI=1S/C12H18N2O2S/c1-3-4-8-13-12(15)14-17-11-7-5-6-10(9-11)16-2/h5-7,9H,3-4,8H2,1-2H3,(H2,13,14,15). The molecule has 17 heavy (non-hydrogen) atoms. The molecule has 0 unspecified atom stereocenters. The molecule has 0 aliphatic carbocycles. The van der Waals surface area contributed by atoms with Crippen LogP contribution >= 0.6 is 11.9 Å². The quantitative estimate of drug-likeness (QED) is 0.606. The average molecular weight is 254 g/mol. The molecule has 0 bridgehead atoms. The van der Waals surface area contributed by atoms with E-state index in [1.54, 1.807) is 7.11 Å². The number of rotatable bonds is 6. The lowest BCUT2D eigenvalue weighted by Crippen LogP contribution is -2.31. The van der Waals surface area contributed by atoms with Crippen LogP contribution in [-0.4, -0.2) is 19.7 Å². The number of carbonyl (C=O) groups is 1. The SMILES string of the molecule is CCCCNC(=O)NSc1cccc(OC)c1. The molecule has 0 aromatic heterocycles. The zero-order chi connectivity index (χ0) is 12.5. The Morgan fingerprint density at radius 2 is 2.29 bits per heavy atom. The second kappa shape index (κ2) is 7.84. The van der Waals surface area contributed by atoms with Crippen molar-refractivity contribution in [2.24, 2.45) is 0 Å². The molecule has 0 fully saturated rings. The minimum Gasteiger partial charge on any atom is -0.497 e. The molecule has 2 N–H and O–H groups in total. The average Bonchev–Trinajstić information content (AvgIpc) is 2.37. The molecule has 0 saturated carbocycles. The number of methoxy groups -OCH3 is 1. The molecule has 4 nitrogen and oxygen atoms in total. The molecule has 0 radical (unpaired) electrons. The van der Waals surface area contributed by atoms with Crippen LogP contribution in [0.2, 0.25) is 0 Å². The molecule has 0 aliphatic rings. The van der Waals surface area contributed by atoms with Crippen molar-refractivity contribution in [1.82, 2.24) is 10.0 Å². The van der Waals surface area contributed by atoms with Gasteiger partial charge in [-0.3, -0.25) is 4.72 Å². The first-order valence-corrected chi connectivity index (χ1v) is 6.42. The van der Waals surface area contributed by atoms with Crippen LogP contribution in [0, 0.1) is 0 Å². The second-order valence-corrected chi connectivity index (χ2v) is 4.37. The number of amides is 2. The van der Waals surface area contributed by atoms with Gasteiger partial charge in [0.25, 0.3) is 0 Å². The van der Waals surface area contributed by atoms with E-state index in [0.717, 1.165) is 23.5 Å². The summed E-state index contributed by atoms with van der Waals surface area (Å²) in [4.78, 5) is 12.3. The summed E-state index contributed by atoms with van der Waals surface area (Å²) in [5, 5.41) is 2.78. The Hall–Kier alpha value is -1.36. The molecular weight excluding hydrogens is 236 g/mol. The zero-order valence-corrected chi connectivity index (χ0v) is 11.0. The third-order valence-electron chi connectivity index (χ3n) is 2.12. The molecule has 1 aromatic carbocycles. The lowest BCUT2D eigenvalue weighted by atomic mass is 10.3. The fourth-order valence-corrected chi connectivity index (χ4v) is 1.79. The summed E-state index contributed by atoms with van der Waals surface area (Å²) in [5.74, 6) is 0.781. The molecule has 0 spiro atoms. The van der Waals surface area contributed by atoms with E-state index in [1.165, 1.54) is 11.9 Å². The number of ether oxygens (including phenoxy) is 1. The first-order chi connectivity index (χ1) is 8.26. The summed E-state index contributed by atoms with van der Waals surface area (Å²) < 4.78 is 7.82. The van der Waals surface area contributed by atoms with Crippen molar-refractivity contribution in [3.05, 3.63) is 24.3 Å². The normalized spacial score (nSPS) is 9.76. The number of unbranched alkanes of at least 4 members (excludes halogenated alkanes) is 1. The van der Waals surface area contributed by atoms with E-state index in [-0.39, 0.29) is 6.03 Å². The van der Waals surface area contributed by atoms with E-state index >= 15 is 0 Å². The van der Waals surface area contributed by atoms with E-state index in [0.29, 0.717) is 6.54 Å². The molecule has 0 saturated heterocycles. The van der Waals surface area contributed by atoms with Crippen LogP contribution in [0.25, 0.3) is 0 Å². The van der Waals surface area contributed by atoms with Crippen molar-refractivity contribution in [3.63, 3.8) is 0 Å². The fraction of sp³-hybridized carbons (Fsp3) is 0.417. The Kier molecular flexibility index (Phi) is 6.32. The second-order valence-electron chi connectivity index (χ2n) is 3.49. The monoisotopic (exact) mass is 254 g/mol. The summed E-state index contributed by atoms with van der Waals surface area (Å²) in [6.07, 6.45) is 2.07. The summed E-state index contributed by atoms with van der Waals surface area (Å²) in [7, 11) is 1.62. The third kappa shape index (κ3) is 5.49. The van der Waals surface area contributed by atoms with Gasteiger partial charge < -0.3 is 10.1 Å². The summed E-state index contributed by atoms with van der Waals surface area (Å²) in [6.45, 7) is 2.80. The number of hydrogen-bond donors (Lipinski definition) is 2. The van der Waals surface area contributed by atoms with Gasteiger partial charge in [0.2, 0.25) is 0 Å². The smallest absolute Gasteiger partial charge is 0.325 e. The molecule has 1 aromatic rings. The van der Waals surface area contributed by atoms with Crippen molar-refractivity contribution >= 4 is 18.0 Å². The van der Waals surface area contributed by atoms with E-state index in [2.05, 4.69) is 17.0 Å². The van der Waals surface area contributed by atoms with Crippen LogP contribution < -0.4 is 14.8 Å². The minimum atomic E-state index is -0.161. The molecule has 0 atom stereocenters.